The van der Waals surface area contributed by atoms with Gasteiger partial charge < -0.3 is 19.3 Å². The molecule has 1 aromatic rings. The Morgan fingerprint density at radius 2 is 2.27 bits per heavy atom. The van der Waals surface area contributed by atoms with Crippen LogP contribution in [-0.4, -0.2) is 31.5 Å². The standard InChI is InChI=1S/C12H13N2O7P/c1-3-12(20-7-22(17,18)19)5-4-9(21-12)14-6-8(2)10(15)13-11(14)16/h1,4-6,9H,7H2,2H3,(H,13,15,16)(H2,17,18,19)/t9-,12-/m1/s1. The molecule has 0 fully saturated rings. The maximum absolute atomic E-state index is 11.8. The molecule has 2 atom stereocenters. The fraction of sp³-hybridized carbons (Fsp3) is 0.333. The molecule has 0 unspecified atom stereocenters. The van der Waals surface area contributed by atoms with Crippen LogP contribution in [0.4, 0.5) is 0 Å². The van der Waals surface area contributed by atoms with Crippen LogP contribution in [0.3, 0.4) is 0 Å². The van der Waals surface area contributed by atoms with Gasteiger partial charge in [-0.25, -0.2) is 4.79 Å². The molecule has 22 heavy (non-hydrogen) atoms. The summed E-state index contributed by atoms with van der Waals surface area (Å²) in [4.78, 5) is 42.9. The van der Waals surface area contributed by atoms with Gasteiger partial charge in [0.15, 0.2) is 12.6 Å². The van der Waals surface area contributed by atoms with Gasteiger partial charge in [-0.1, -0.05) is 0 Å². The van der Waals surface area contributed by atoms with E-state index in [1.807, 2.05) is 0 Å². The number of aromatic nitrogens is 2. The van der Waals surface area contributed by atoms with Crippen molar-refractivity contribution in [1.29, 1.82) is 0 Å². The van der Waals surface area contributed by atoms with Gasteiger partial charge in [-0.2, -0.15) is 0 Å². The van der Waals surface area contributed by atoms with Gasteiger partial charge in [-0.15, -0.1) is 6.42 Å². The van der Waals surface area contributed by atoms with E-state index in [-0.39, 0.29) is 5.56 Å². The van der Waals surface area contributed by atoms with E-state index >= 15 is 0 Å². The summed E-state index contributed by atoms with van der Waals surface area (Å²) < 4.78 is 22.3. The summed E-state index contributed by atoms with van der Waals surface area (Å²) in [7, 11) is -4.44. The number of aromatic amines is 1. The molecule has 2 heterocycles. The molecule has 2 rings (SSSR count). The lowest BCUT2D eigenvalue weighted by atomic mass is 10.3. The second kappa shape index (κ2) is 5.68. The van der Waals surface area contributed by atoms with Crippen LogP contribution < -0.4 is 11.2 Å². The van der Waals surface area contributed by atoms with Crippen molar-refractivity contribution in [3.05, 3.63) is 44.8 Å². The van der Waals surface area contributed by atoms with Crippen molar-refractivity contribution >= 4 is 7.60 Å². The third-order valence-corrected chi connectivity index (χ3v) is 3.31. The van der Waals surface area contributed by atoms with Crippen molar-refractivity contribution in [2.75, 3.05) is 6.35 Å². The molecule has 0 aromatic carbocycles. The number of nitrogens with one attached hydrogen (secondary N) is 1. The molecule has 1 aliphatic heterocycles. The fourth-order valence-electron chi connectivity index (χ4n) is 1.78. The highest BCUT2D eigenvalue weighted by molar-refractivity contribution is 7.51. The Kier molecular flexibility index (Phi) is 4.24. The zero-order chi connectivity index (χ0) is 16.5. The summed E-state index contributed by atoms with van der Waals surface area (Å²) in [5, 5.41) is 0. The van der Waals surface area contributed by atoms with Crippen LogP contribution in [-0.2, 0) is 14.0 Å². The number of aryl methyl sites for hydroxylation is 1. The number of hydrogen-bond acceptors (Lipinski definition) is 5. The van der Waals surface area contributed by atoms with Gasteiger partial charge in [0.2, 0.25) is 0 Å². The molecule has 0 amide bonds. The molecule has 0 aliphatic carbocycles. The lowest BCUT2D eigenvalue weighted by Gasteiger charge is -2.24. The number of rotatable bonds is 4. The Morgan fingerprint density at radius 3 is 2.86 bits per heavy atom. The molecule has 10 heteroatoms. The van der Waals surface area contributed by atoms with Crippen molar-refractivity contribution in [2.24, 2.45) is 0 Å². The van der Waals surface area contributed by atoms with E-state index in [0.717, 1.165) is 4.57 Å². The average Bonchev–Trinajstić information content (AvgIpc) is 2.85. The lowest BCUT2D eigenvalue weighted by Crippen LogP contribution is -2.36. The van der Waals surface area contributed by atoms with E-state index in [1.165, 1.54) is 25.3 Å². The van der Waals surface area contributed by atoms with Gasteiger partial charge in [0, 0.05) is 11.8 Å². The quantitative estimate of drug-likeness (QED) is 0.382. The molecule has 3 N–H and O–H groups in total. The van der Waals surface area contributed by atoms with Crippen LogP contribution >= 0.6 is 7.60 Å². The Balaban J connectivity index is 2.26. The predicted molar refractivity (Wildman–Crippen MR) is 74.9 cm³/mol. The van der Waals surface area contributed by atoms with Crippen LogP contribution in [0.5, 0.6) is 0 Å². The van der Waals surface area contributed by atoms with Gasteiger partial charge in [-0.05, 0) is 25.0 Å². The molecule has 1 aromatic heterocycles. The summed E-state index contributed by atoms with van der Waals surface area (Å²) in [5.74, 6) is 0.337. The van der Waals surface area contributed by atoms with Gasteiger partial charge in [0.1, 0.15) is 0 Å². The first-order valence-electron chi connectivity index (χ1n) is 6.01. The second-order valence-corrected chi connectivity index (χ2v) is 6.18. The highest BCUT2D eigenvalue weighted by Crippen LogP contribution is 2.38. The molecule has 118 valence electrons. The van der Waals surface area contributed by atoms with Gasteiger partial charge in [0.25, 0.3) is 11.3 Å². The average molecular weight is 328 g/mol. The zero-order valence-electron chi connectivity index (χ0n) is 11.4. The van der Waals surface area contributed by atoms with E-state index in [2.05, 4.69) is 10.9 Å². The molecule has 0 spiro atoms. The maximum atomic E-state index is 11.8. The molecule has 0 saturated carbocycles. The van der Waals surface area contributed by atoms with E-state index in [4.69, 9.17) is 25.7 Å². The van der Waals surface area contributed by atoms with E-state index < -0.39 is 37.2 Å². The number of hydrogen-bond donors (Lipinski definition) is 3. The van der Waals surface area contributed by atoms with Crippen molar-refractivity contribution in [2.45, 2.75) is 18.9 Å². The Labute approximate surface area is 124 Å². The summed E-state index contributed by atoms with van der Waals surface area (Å²) in [6.45, 7) is 1.51. The first-order chi connectivity index (χ1) is 10.2. The molecule has 0 saturated heterocycles. The minimum atomic E-state index is -4.44. The van der Waals surface area contributed by atoms with Crippen LogP contribution in [0.25, 0.3) is 0 Å². The largest absolute Gasteiger partial charge is 0.351 e. The van der Waals surface area contributed by atoms with Crippen molar-refractivity contribution < 1.29 is 23.8 Å². The molecule has 0 radical (unpaired) electrons. The minimum Gasteiger partial charge on any atom is -0.323 e. The van der Waals surface area contributed by atoms with E-state index in [1.54, 1.807) is 0 Å². The Hall–Kier alpha value is -1.95. The smallest absolute Gasteiger partial charge is 0.323 e. The number of nitrogens with zero attached hydrogens (tertiary/aromatic N) is 1. The third-order valence-electron chi connectivity index (χ3n) is 2.84. The topological polar surface area (TPSA) is 131 Å². The van der Waals surface area contributed by atoms with Crippen LogP contribution in [0.1, 0.15) is 11.8 Å². The maximum Gasteiger partial charge on any atom is 0.351 e. The molecule has 0 bridgehead atoms. The molecule has 1 aliphatic rings. The van der Waals surface area contributed by atoms with E-state index in [0.29, 0.717) is 0 Å². The van der Waals surface area contributed by atoms with E-state index in [9.17, 15) is 14.2 Å². The predicted octanol–water partition coefficient (Wildman–Crippen LogP) is -0.589. The third kappa shape index (κ3) is 3.44. The second-order valence-electron chi connectivity index (χ2n) is 4.60. The first-order valence-corrected chi connectivity index (χ1v) is 7.81. The van der Waals surface area contributed by atoms with Gasteiger partial charge in [-0.3, -0.25) is 18.9 Å². The summed E-state index contributed by atoms with van der Waals surface area (Å²) in [5.41, 5.74) is -0.955. The van der Waals surface area contributed by atoms with Crippen LogP contribution in [0.15, 0.2) is 27.9 Å². The summed E-state index contributed by atoms with van der Waals surface area (Å²) in [6, 6.07) is 0. The normalized spacial score (nSPS) is 24.4. The highest BCUT2D eigenvalue weighted by Gasteiger charge is 2.38. The molecule has 9 nitrogen and oxygen atoms in total. The van der Waals surface area contributed by atoms with Crippen LogP contribution in [0, 0.1) is 19.3 Å². The summed E-state index contributed by atoms with van der Waals surface area (Å²) >= 11 is 0. The number of terminal acetylenes is 1. The first kappa shape index (κ1) is 16.4. The Morgan fingerprint density at radius 1 is 1.59 bits per heavy atom. The van der Waals surface area contributed by atoms with Crippen molar-refractivity contribution in [3.63, 3.8) is 0 Å². The molecular weight excluding hydrogens is 315 g/mol. The van der Waals surface area contributed by atoms with Gasteiger partial charge in [0.05, 0.1) is 0 Å². The minimum absolute atomic E-state index is 0.283. The Bertz CT molecular complexity index is 812. The summed E-state index contributed by atoms with van der Waals surface area (Å²) in [6.07, 6.45) is 7.30. The SMILES string of the molecule is C#C[C@]1(OCP(=O)(O)O)C=C[C@H](n2cc(C)c(=O)[nH]c2=O)O1. The van der Waals surface area contributed by atoms with Crippen LogP contribution in [0.2, 0.25) is 0 Å². The monoisotopic (exact) mass is 328 g/mol. The van der Waals surface area contributed by atoms with Crippen molar-refractivity contribution in [3.8, 4) is 12.3 Å². The highest BCUT2D eigenvalue weighted by atomic mass is 31.2. The molecular formula is C12H13N2O7P. The fourth-order valence-corrected chi connectivity index (χ4v) is 2.14. The number of ether oxygens (including phenoxy) is 2. The lowest BCUT2D eigenvalue weighted by molar-refractivity contribution is -0.176. The van der Waals surface area contributed by atoms with Gasteiger partial charge >= 0.3 is 13.3 Å². The van der Waals surface area contributed by atoms with Crippen molar-refractivity contribution in [1.82, 2.24) is 9.55 Å². The number of H-pyrrole nitrogens is 1. The zero-order valence-corrected chi connectivity index (χ0v) is 12.3.